The first-order chi connectivity index (χ1) is 8.88. The summed E-state index contributed by atoms with van der Waals surface area (Å²) in [5, 5.41) is 0. The van der Waals surface area contributed by atoms with Gasteiger partial charge in [0.05, 0.1) is 0 Å². The van der Waals surface area contributed by atoms with E-state index in [1.165, 1.54) is 35.1 Å². The summed E-state index contributed by atoms with van der Waals surface area (Å²) in [6.45, 7) is 15.5. The van der Waals surface area contributed by atoms with Gasteiger partial charge in [-0.15, -0.1) is 0 Å². The second kappa shape index (κ2) is 6.88. The molecular formula is C18H29N. The van der Waals surface area contributed by atoms with Gasteiger partial charge in [0, 0.05) is 11.9 Å². The molecule has 0 radical (unpaired) electrons. The van der Waals surface area contributed by atoms with Crippen LogP contribution in [0, 0.1) is 11.8 Å². The fraction of sp³-hybridized carbons (Fsp3) is 0.611. The van der Waals surface area contributed by atoms with Gasteiger partial charge in [-0.2, -0.15) is 0 Å². The van der Waals surface area contributed by atoms with Crippen LogP contribution in [0.1, 0.15) is 61.3 Å². The highest BCUT2D eigenvalue weighted by atomic mass is 14.7. The molecule has 0 bridgehead atoms. The van der Waals surface area contributed by atoms with E-state index >= 15 is 0 Å². The van der Waals surface area contributed by atoms with Crippen LogP contribution in [0.3, 0.4) is 0 Å². The summed E-state index contributed by atoms with van der Waals surface area (Å²) in [7, 11) is 0. The quantitative estimate of drug-likeness (QED) is 0.574. The standard InChI is InChI=1S/C18H29N/c1-8-9-13(4)18-15(6)14(5)10-17(18)16(7)19-11-12(2)3/h10-11,14-15H,8-9H2,1-7H3/b18-13+,19-16?/t14-,15?/m1/s1. The third-order valence-electron chi connectivity index (χ3n) is 3.95. The van der Waals surface area contributed by atoms with Crippen molar-refractivity contribution in [1.82, 2.24) is 0 Å². The van der Waals surface area contributed by atoms with Crippen LogP contribution in [0.15, 0.2) is 39.6 Å². The molecule has 1 aliphatic carbocycles. The van der Waals surface area contributed by atoms with E-state index in [2.05, 4.69) is 59.5 Å². The van der Waals surface area contributed by atoms with Gasteiger partial charge >= 0.3 is 0 Å². The first kappa shape index (κ1) is 15.9. The van der Waals surface area contributed by atoms with Crippen molar-refractivity contribution in [2.45, 2.75) is 61.3 Å². The predicted octanol–water partition coefficient (Wildman–Crippen LogP) is 5.70. The van der Waals surface area contributed by atoms with Gasteiger partial charge in [0.15, 0.2) is 0 Å². The third kappa shape index (κ3) is 3.92. The lowest BCUT2D eigenvalue weighted by atomic mass is 9.88. The van der Waals surface area contributed by atoms with Crippen LogP contribution in [-0.2, 0) is 0 Å². The first-order valence-electron chi connectivity index (χ1n) is 7.48. The Labute approximate surface area is 119 Å². The molecule has 0 saturated carbocycles. The molecule has 1 rings (SSSR count). The van der Waals surface area contributed by atoms with Gasteiger partial charge in [0.25, 0.3) is 0 Å². The smallest absolute Gasteiger partial charge is 0.0444 e. The minimum absolute atomic E-state index is 0.619. The van der Waals surface area contributed by atoms with Gasteiger partial charge in [-0.1, -0.05) is 44.4 Å². The highest BCUT2D eigenvalue weighted by Crippen LogP contribution is 2.39. The molecule has 1 aliphatic rings. The summed E-state index contributed by atoms with van der Waals surface area (Å²) in [4.78, 5) is 4.62. The summed E-state index contributed by atoms with van der Waals surface area (Å²) >= 11 is 0. The summed E-state index contributed by atoms with van der Waals surface area (Å²) in [5.41, 5.74) is 6.86. The van der Waals surface area contributed by atoms with E-state index in [1.807, 2.05) is 6.20 Å². The number of rotatable bonds is 4. The van der Waals surface area contributed by atoms with E-state index in [9.17, 15) is 0 Å². The number of hydrogen-bond acceptors (Lipinski definition) is 1. The van der Waals surface area contributed by atoms with E-state index in [1.54, 1.807) is 0 Å². The fourth-order valence-corrected chi connectivity index (χ4v) is 2.74. The number of aliphatic imine (C=N–C) groups is 1. The van der Waals surface area contributed by atoms with E-state index in [4.69, 9.17) is 0 Å². The molecule has 2 atom stereocenters. The molecule has 0 aromatic heterocycles. The molecule has 1 unspecified atom stereocenters. The highest BCUT2D eigenvalue weighted by molar-refractivity contribution is 6.03. The molecule has 19 heavy (non-hydrogen) atoms. The zero-order valence-electron chi connectivity index (χ0n) is 13.7. The van der Waals surface area contributed by atoms with Gasteiger partial charge < -0.3 is 0 Å². The van der Waals surface area contributed by atoms with Crippen LogP contribution >= 0.6 is 0 Å². The van der Waals surface area contributed by atoms with Crippen molar-refractivity contribution in [3.8, 4) is 0 Å². The average molecular weight is 259 g/mol. The molecule has 0 aromatic carbocycles. The van der Waals surface area contributed by atoms with Crippen LogP contribution in [0.2, 0.25) is 0 Å². The van der Waals surface area contributed by atoms with Crippen LogP contribution in [0.4, 0.5) is 0 Å². The topological polar surface area (TPSA) is 12.4 Å². The minimum Gasteiger partial charge on any atom is -0.261 e. The predicted molar refractivity (Wildman–Crippen MR) is 86.6 cm³/mol. The molecule has 0 spiro atoms. The zero-order valence-corrected chi connectivity index (χ0v) is 13.7. The fourth-order valence-electron chi connectivity index (χ4n) is 2.74. The monoisotopic (exact) mass is 259 g/mol. The third-order valence-corrected chi connectivity index (χ3v) is 3.95. The summed E-state index contributed by atoms with van der Waals surface area (Å²) in [5.74, 6) is 1.24. The van der Waals surface area contributed by atoms with Gasteiger partial charge in [0.1, 0.15) is 0 Å². The molecule has 106 valence electrons. The molecule has 0 saturated heterocycles. The Kier molecular flexibility index (Phi) is 5.78. The lowest BCUT2D eigenvalue weighted by Crippen LogP contribution is -2.07. The van der Waals surface area contributed by atoms with Gasteiger partial charge in [-0.05, 0) is 57.1 Å². The Morgan fingerprint density at radius 2 is 1.84 bits per heavy atom. The molecule has 0 fully saturated rings. The normalized spacial score (nSPS) is 26.3. The van der Waals surface area contributed by atoms with E-state index in [0.29, 0.717) is 11.8 Å². The van der Waals surface area contributed by atoms with Crippen LogP contribution in [0.25, 0.3) is 0 Å². The molecular weight excluding hydrogens is 230 g/mol. The Morgan fingerprint density at radius 3 is 2.37 bits per heavy atom. The maximum Gasteiger partial charge on any atom is 0.0444 e. The van der Waals surface area contributed by atoms with Crippen LogP contribution < -0.4 is 0 Å². The molecule has 0 N–H and O–H groups in total. The van der Waals surface area contributed by atoms with Crippen molar-refractivity contribution in [2.75, 3.05) is 0 Å². The maximum atomic E-state index is 4.62. The molecule has 0 heterocycles. The Morgan fingerprint density at radius 1 is 1.21 bits per heavy atom. The van der Waals surface area contributed by atoms with Gasteiger partial charge in [-0.25, -0.2) is 0 Å². The number of nitrogens with zero attached hydrogens (tertiary/aromatic N) is 1. The Bertz CT molecular complexity index is 442. The van der Waals surface area contributed by atoms with Crippen molar-refractivity contribution in [2.24, 2.45) is 16.8 Å². The maximum absolute atomic E-state index is 4.62. The second-order valence-corrected chi connectivity index (χ2v) is 6.09. The van der Waals surface area contributed by atoms with Gasteiger partial charge in [0.2, 0.25) is 0 Å². The van der Waals surface area contributed by atoms with E-state index in [0.717, 1.165) is 5.71 Å². The molecule has 1 heteroatoms. The zero-order chi connectivity index (χ0) is 14.6. The molecule has 0 aliphatic heterocycles. The van der Waals surface area contributed by atoms with Crippen LogP contribution in [-0.4, -0.2) is 5.71 Å². The SMILES string of the molecule is CCC/C(C)=C1/C(C(C)=NC=C(C)C)=C[C@@H](C)C1C. The van der Waals surface area contributed by atoms with Crippen LogP contribution in [0.5, 0.6) is 0 Å². The average Bonchev–Trinajstić information content (AvgIpc) is 2.63. The highest BCUT2D eigenvalue weighted by Gasteiger charge is 2.28. The Hall–Kier alpha value is -1.11. The van der Waals surface area contributed by atoms with E-state index in [-0.39, 0.29) is 0 Å². The Balaban J connectivity index is 3.17. The van der Waals surface area contributed by atoms with Gasteiger partial charge in [-0.3, -0.25) is 4.99 Å². The number of allylic oxidation sites excluding steroid dienone is 5. The van der Waals surface area contributed by atoms with Crippen molar-refractivity contribution in [1.29, 1.82) is 0 Å². The largest absolute Gasteiger partial charge is 0.261 e. The second-order valence-electron chi connectivity index (χ2n) is 6.09. The molecule has 1 nitrogen and oxygen atoms in total. The van der Waals surface area contributed by atoms with Crippen molar-refractivity contribution < 1.29 is 0 Å². The summed E-state index contributed by atoms with van der Waals surface area (Å²) in [6, 6.07) is 0. The first-order valence-corrected chi connectivity index (χ1v) is 7.48. The van der Waals surface area contributed by atoms with E-state index < -0.39 is 0 Å². The lowest BCUT2D eigenvalue weighted by molar-refractivity contribution is 0.557. The summed E-state index contributed by atoms with van der Waals surface area (Å²) < 4.78 is 0. The summed E-state index contributed by atoms with van der Waals surface area (Å²) in [6.07, 6.45) is 6.78. The van der Waals surface area contributed by atoms with Crippen molar-refractivity contribution in [3.63, 3.8) is 0 Å². The van der Waals surface area contributed by atoms with Crippen molar-refractivity contribution in [3.05, 3.63) is 34.6 Å². The minimum atomic E-state index is 0.619. The molecule has 0 amide bonds. The number of hydrogen-bond donors (Lipinski definition) is 0. The van der Waals surface area contributed by atoms with Crippen molar-refractivity contribution >= 4 is 5.71 Å². The molecule has 0 aromatic rings. The lowest BCUT2D eigenvalue weighted by Gasteiger charge is -2.17.